The molecule has 8 nitrogen and oxygen atoms in total. The van der Waals surface area contributed by atoms with Crippen molar-refractivity contribution in [1.82, 2.24) is 0 Å². The van der Waals surface area contributed by atoms with E-state index in [4.69, 9.17) is 14.2 Å². The van der Waals surface area contributed by atoms with Crippen molar-refractivity contribution in [2.24, 2.45) is 29.6 Å². The molecule has 0 unspecified atom stereocenters. The van der Waals surface area contributed by atoms with Crippen LogP contribution in [0.3, 0.4) is 0 Å². The SMILES string of the molecule is CC[C@H](OC)[C@@H](C)[C@H]1C[C@@H]1[C@@H](O)[C@@H](C)/C=C/C=C(\C)[C@H]1OC(=O)C[C@H](O)CC[C@@](C)(O)[C@@H](OC(C)=O)/C=C/[C@@H]1C. The highest BCUT2D eigenvalue weighted by Gasteiger charge is 2.48. The summed E-state index contributed by atoms with van der Waals surface area (Å²) in [6.07, 6.45) is 8.42. The van der Waals surface area contributed by atoms with Gasteiger partial charge in [0.25, 0.3) is 0 Å². The van der Waals surface area contributed by atoms with Crippen molar-refractivity contribution in [2.45, 2.75) is 117 Å². The van der Waals surface area contributed by atoms with Crippen LogP contribution in [0.25, 0.3) is 0 Å². The third-order valence-electron chi connectivity index (χ3n) is 8.68. The summed E-state index contributed by atoms with van der Waals surface area (Å²) in [5, 5.41) is 32.3. The molecule has 8 heteroatoms. The number of aliphatic hydroxyl groups excluding tert-OH is 2. The Morgan fingerprint density at radius 3 is 2.52 bits per heavy atom. The first-order chi connectivity index (χ1) is 18.7. The summed E-state index contributed by atoms with van der Waals surface area (Å²) in [6, 6.07) is 0. The van der Waals surface area contributed by atoms with Crippen molar-refractivity contribution in [3.63, 3.8) is 0 Å². The number of cyclic esters (lactones) is 1. The number of ether oxygens (including phenoxy) is 3. The number of aliphatic hydroxyl groups is 3. The van der Waals surface area contributed by atoms with Crippen LogP contribution in [-0.4, -0.2) is 70.5 Å². The Balaban J connectivity index is 2.16. The number of allylic oxidation sites excluding steroid dienone is 2. The number of carbonyl (C=O) groups is 2. The topological polar surface area (TPSA) is 123 Å². The van der Waals surface area contributed by atoms with Crippen LogP contribution in [-0.2, 0) is 23.8 Å². The zero-order chi connectivity index (χ0) is 30.2. The lowest BCUT2D eigenvalue weighted by Gasteiger charge is -2.32. The molecule has 2 rings (SSSR count). The van der Waals surface area contributed by atoms with Gasteiger partial charge in [-0.25, -0.2) is 0 Å². The van der Waals surface area contributed by atoms with E-state index in [9.17, 15) is 24.9 Å². The van der Waals surface area contributed by atoms with E-state index < -0.39 is 42.0 Å². The van der Waals surface area contributed by atoms with Crippen LogP contribution < -0.4 is 0 Å². The lowest BCUT2D eigenvalue weighted by Crippen LogP contribution is -2.42. The predicted molar refractivity (Wildman–Crippen MR) is 154 cm³/mol. The molecule has 0 aromatic heterocycles. The molecular formula is C32H52O8. The highest BCUT2D eigenvalue weighted by Crippen LogP contribution is 2.49. The van der Waals surface area contributed by atoms with E-state index in [1.807, 2.05) is 39.0 Å². The molecule has 1 heterocycles. The van der Waals surface area contributed by atoms with Gasteiger partial charge in [-0.1, -0.05) is 52.0 Å². The molecule has 1 saturated carbocycles. The Kier molecular flexibility index (Phi) is 13.1. The molecule has 0 saturated heterocycles. The average Bonchev–Trinajstić information content (AvgIpc) is 3.68. The van der Waals surface area contributed by atoms with Crippen LogP contribution >= 0.6 is 0 Å². The van der Waals surface area contributed by atoms with Gasteiger partial charge in [-0.3, -0.25) is 9.59 Å². The zero-order valence-corrected chi connectivity index (χ0v) is 25.6. The van der Waals surface area contributed by atoms with Crippen molar-refractivity contribution in [1.29, 1.82) is 0 Å². The number of hydrogen-bond acceptors (Lipinski definition) is 8. The van der Waals surface area contributed by atoms with Crippen LogP contribution in [0.2, 0.25) is 0 Å². The second kappa shape index (κ2) is 15.3. The van der Waals surface area contributed by atoms with Crippen LogP contribution in [0, 0.1) is 29.6 Å². The molecule has 1 aliphatic heterocycles. The summed E-state index contributed by atoms with van der Waals surface area (Å²) in [7, 11) is 1.75. The summed E-state index contributed by atoms with van der Waals surface area (Å²) >= 11 is 0. The molecule has 3 N–H and O–H groups in total. The monoisotopic (exact) mass is 564 g/mol. The molecule has 0 spiro atoms. The number of hydrogen-bond donors (Lipinski definition) is 3. The smallest absolute Gasteiger partial charge is 0.309 e. The summed E-state index contributed by atoms with van der Waals surface area (Å²) < 4.78 is 16.8. The fourth-order valence-electron chi connectivity index (χ4n) is 5.87. The van der Waals surface area contributed by atoms with Gasteiger partial charge in [-0.05, 0) is 68.9 Å². The Hall–Kier alpha value is -2.00. The molecule has 11 atom stereocenters. The minimum absolute atomic E-state index is 0.0492. The molecule has 0 amide bonds. The van der Waals surface area contributed by atoms with Gasteiger partial charge in [-0.2, -0.15) is 0 Å². The van der Waals surface area contributed by atoms with Gasteiger partial charge >= 0.3 is 11.9 Å². The van der Waals surface area contributed by atoms with Crippen LogP contribution in [0.4, 0.5) is 0 Å². The fraction of sp³-hybridized carbons (Fsp3) is 0.750. The lowest BCUT2D eigenvalue weighted by atomic mass is 9.88. The minimum Gasteiger partial charge on any atom is -0.457 e. The van der Waals surface area contributed by atoms with Crippen molar-refractivity contribution in [2.75, 3.05) is 7.11 Å². The van der Waals surface area contributed by atoms with Crippen LogP contribution in [0.1, 0.15) is 80.6 Å². The fourth-order valence-corrected chi connectivity index (χ4v) is 5.87. The van der Waals surface area contributed by atoms with Gasteiger partial charge < -0.3 is 29.5 Å². The average molecular weight is 565 g/mol. The van der Waals surface area contributed by atoms with Crippen molar-refractivity contribution in [3.8, 4) is 0 Å². The van der Waals surface area contributed by atoms with Crippen molar-refractivity contribution < 1.29 is 39.1 Å². The molecule has 0 aromatic carbocycles. The molecular weight excluding hydrogens is 512 g/mol. The first-order valence-electron chi connectivity index (χ1n) is 14.7. The van der Waals surface area contributed by atoms with Gasteiger partial charge in [0.05, 0.1) is 24.7 Å². The maximum Gasteiger partial charge on any atom is 0.309 e. The van der Waals surface area contributed by atoms with E-state index in [0.717, 1.165) is 18.4 Å². The van der Waals surface area contributed by atoms with E-state index in [2.05, 4.69) is 13.8 Å². The standard InChI is InChI=1S/C32H52O8/c1-9-27(38-8)22(5)25-18-26(25)30(36)19(2)11-10-12-20(3)31-21(4)13-14-28(39-23(6)33)32(7,37)16-15-24(34)17-29(35)40-31/h10-14,19,21-22,24-28,30-31,34,36-37H,9,15-18H2,1-8H3/b11-10+,14-13+,20-12+/t19-,21-,22-,24+,25+,26-,27-,28-,30-,31+,32+/m0/s1. The second-order valence-corrected chi connectivity index (χ2v) is 12.2. The number of rotatable bonds is 10. The predicted octanol–water partition coefficient (Wildman–Crippen LogP) is 4.51. The maximum atomic E-state index is 12.6. The molecule has 40 heavy (non-hydrogen) atoms. The van der Waals surface area contributed by atoms with E-state index in [1.165, 1.54) is 6.92 Å². The Morgan fingerprint density at radius 2 is 1.93 bits per heavy atom. The minimum atomic E-state index is -1.41. The lowest BCUT2D eigenvalue weighted by molar-refractivity contribution is -0.157. The van der Waals surface area contributed by atoms with E-state index in [-0.39, 0.29) is 43.1 Å². The van der Waals surface area contributed by atoms with E-state index >= 15 is 0 Å². The third kappa shape index (κ3) is 9.82. The summed E-state index contributed by atoms with van der Waals surface area (Å²) in [5.41, 5.74) is -0.625. The molecule has 228 valence electrons. The van der Waals surface area contributed by atoms with Crippen molar-refractivity contribution >= 4 is 11.9 Å². The molecule has 0 radical (unpaired) electrons. The van der Waals surface area contributed by atoms with Crippen LogP contribution in [0.15, 0.2) is 36.0 Å². The molecule has 2 aliphatic rings. The van der Waals surface area contributed by atoms with Crippen molar-refractivity contribution in [3.05, 3.63) is 36.0 Å². The Morgan fingerprint density at radius 1 is 1.25 bits per heavy atom. The molecule has 1 fully saturated rings. The van der Waals surface area contributed by atoms with E-state index in [1.54, 1.807) is 26.2 Å². The Bertz CT molecular complexity index is 918. The highest BCUT2D eigenvalue weighted by molar-refractivity contribution is 5.70. The van der Waals surface area contributed by atoms with Gasteiger partial charge in [0, 0.05) is 25.9 Å². The van der Waals surface area contributed by atoms with Gasteiger partial charge in [0.1, 0.15) is 17.8 Å². The van der Waals surface area contributed by atoms with Gasteiger partial charge in [0.15, 0.2) is 0 Å². The second-order valence-electron chi connectivity index (χ2n) is 12.2. The first kappa shape index (κ1) is 34.2. The first-order valence-corrected chi connectivity index (χ1v) is 14.7. The molecule has 1 aliphatic carbocycles. The molecule has 0 aromatic rings. The van der Waals surface area contributed by atoms with Gasteiger partial charge in [-0.15, -0.1) is 0 Å². The Labute approximate surface area is 240 Å². The summed E-state index contributed by atoms with van der Waals surface area (Å²) in [6.45, 7) is 12.9. The quantitative estimate of drug-likeness (QED) is 0.201. The summed E-state index contributed by atoms with van der Waals surface area (Å²) in [5.74, 6) is -0.272. The zero-order valence-electron chi connectivity index (χ0n) is 25.6. The van der Waals surface area contributed by atoms with Crippen LogP contribution in [0.5, 0.6) is 0 Å². The third-order valence-corrected chi connectivity index (χ3v) is 8.68. The largest absolute Gasteiger partial charge is 0.457 e. The number of carbonyl (C=O) groups excluding carboxylic acids is 2. The molecule has 0 bridgehead atoms. The summed E-state index contributed by atoms with van der Waals surface area (Å²) in [4.78, 5) is 24.3. The maximum absolute atomic E-state index is 12.6. The van der Waals surface area contributed by atoms with Gasteiger partial charge in [0.2, 0.25) is 0 Å². The van der Waals surface area contributed by atoms with E-state index in [0.29, 0.717) is 11.8 Å². The number of esters is 2. The number of methoxy groups -OCH3 is 1. The normalized spacial score (nSPS) is 36.0. The highest BCUT2D eigenvalue weighted by atomic mass is 16.6.